The molecular weight excluding hydrogens is 386 g/mol. The average Bonchev–Trinajstić information content (AvgIpc) is 2.98. The number of aromatic hydroxyl groups is 1. The van der Waals surface area contributed by atoms with Crippen molar-refractivity contribution in [3.63, 3.8) is 0 Å². The molecule has 2 aromatic carbocycles. The largest absolute Gasteiger partial charge is 0.508 e. The molecule has 0 bridgehead atoms. The summed E-state index contributed by atoms with van der Waals surface area (Å²) in [5.74, 6) is -2.66. The quantitative estimate of drug-likeness (QED) is 0.705. The van der Waals surface area contributed by atoms with Gasteiger partial charge in [-0.05, 0) is 48.9 Å². The lowest BCUT2D eigenvalue weighted by Gasteiger charge is -2.27. The molecule has 3 rings (SSSR count). The number of ketones is 1. The van der Waals surface area contributed by atoms with Crippen LogP contribution in [-0.2, 0) is 14.3 Å². The van der Waals surface area contributed by atoms with Crippen LogP contribution in [0.1, 0.15) is 42.7 Å². The maximum Gasteiger partial charge on any atom is 0.338 e. The third kappa shape index (κ3) is 3.78. The summed E-state index contributed by atoms with van der Waals surface area (Å²) in [7, 11) is 0. The number of benzene rings is 2. The van der Waals surface area contributed by atoms with E-state index in [0.29, 0.717) is 16.8 Å². The average molecular weight is 409 g/mol. The van der Waals surface area contributed by atoms with Crippen molar-refractivity contribution in [1.82, 2.24) is 0 Å². The number of aliphatic hydroxyl groups excluding tert-OH is 1. The molecule has 2 aromatic rings. The molecule has 2 N–H and O–H groups in total. The first kappa shape index (κ1) is 21.1. The summed E-state index contributed by atoms with van der Waals surface area (Å²) in [6, 6.07) is 11.4. The summed E-state index contributed by atoms with van der Waals surface area (Å²) in [5.41, 5.74) is 1.16. The second kappa shape index (κ2) is 8.41. The van der Waals surface area contributed by atoms with Crippen LogP contribution in [0.25, 0.3) is 0 Å². The highest BCUT2D eigenvalue weighted by molar-refractivity contribution is 6.17. The first-order valence-electron chi connectivity index (χ1n) is 9.63. The van der Waals surface area contributed by atoms with Gasteiger partial charge in [-0.1, -0.05) is 26.0 Å². The standard InChI is InChI=1S/C23H23NO6/c1-4-30-23(29)14-8-10-16(11-9-14)24-19(15-6-5-7-17(25)12-15)18(20(26)13(2)3)21(27)22(24)28/h5-13,19,25,27H,4H2,1-3H3. The molecule has 0 aliphatic carbocycles. The van der Waals surface area contributed by atoms with Gasteiger partial charge in [0.25, 0.3) is 5.91 Å². The Kier molecular flexibility index (Phi) is 5.91. The van der Waals surface area contributed by atoms with Crippen LogP contribution < -0.4 is 4.90 Å². The van der Waals surface area contributed by atoms with E-state index in [2.05, 4.69) is 0 Å². The monoisotopic (exact) mass is 409 g/mol. The van der Waals surface area contributed by atoms with E-state index >= 15 is 0 Å². The van der Waals surface area contributed by atoms with Crippen molar-refractivity contribution in [2.24, 2.45) is 5.92 Å². The van der Waals surface area contributed by atoms with Crippen LogP contribution in [0, 0.1) is 5.92 Å². The van der Waals surface area contributed by atoms with Gasteiger partial charge in [-0.15, -0.1) is 0 Å². The number of carbonyl (C=O) groups excluding carboxylic acids is 3. The van der Waals surface area contributed by atoms with Gasteiger partial charge in [0.2, 0.25) is 0 Å². The first-order valence-corrected chi connectivity index (χ1v) is 9.63. The molecule has 0 fully saturated rings. The minimum Gasteiger partial charge on any atom is -0.508 e. The number of hydrogen-bond donors (Lipinski definition) is 2. The van der Waals surface area contributed by atoms with Gasteiger partial charge in [-0.2, -0.15) is 0 Å². The molecule has 0 radical (unpaired) electrons. The van der Waals surface area contributed by atoms with Crippen LogP contribution in [0.3, 0.4) is 0 Å². The van der Waals surface area contributed by atoms with Gasteiger partial charge in [0, 0.05) is 11.6 Å². The zero-order chi connectivity index (χ0) is 22.0. The van der Waals surface area contributed by atoms with E-state index in [0.717, 1.165) is 0 Å². The molecule has 1 heterocycles. The molecular formula is C23H23NO6. The molecule has 0 saturated heterocycles. The van der Waals surface area contributed by atoms with Gasteiger partial charge in [0.1, 0.15) is 5.75 Å². The Morgan fingerprint density at radius 1 is 1.10 bits per heavy atom. The van der Waals surface area contributed by atoms with E-state index < -0.39 is 29.6 Å². The van der Waals surface area contributed by atoms with Crippen molar-refractivity contribution >= 4 is 23.3 Å². The number of phenols is 1. The molecule has 1 aliphatic rings. The zero-order valence-electron chi connectivity index (χ0n) is 17.0. The third-order valence-corrected chi connectivity index (χ3v) is 4.84. The molecule has 1 aliphatic heterocycles. The molecule has 156 valence electrons. The van der Waals surface area contributed by atoms with Gasteiger partial charge >= 0.3 is 5.97 Å². The molecule has 30 heavy (non-hydrogen) atoms. The lowest BCUT2D eigenvalue weighted by Crippen LogP contribution is -2.31. The van der Waals surface area contributed by atoms with Gasteiger partial charge in [0.15, 0.2) is 11.5 Å². The summed E-state index contributed by atoms with van der Waals surface area (Å²) in [6.07, 6.45) is 0. The topological polar surface area (TPSA) is 104 Å². The van der Waals surface area contributed by atoms with E-state index in [1.165, 1.54) is 29.2 Å². The molecule has 0 saturated carbocycles. The number of esters is 1. The molecule has 1 atom stereocenters. The summed E-state index contributed by atoms with van der Waals surface area (Å²) in [6.45, 7) is 5.31. The minimum atomic E-state index is -0.909. The Bertz CT molecular complexity index is 1020. The fourth-order valence-electron chi connectivity index (χ4n) is 3.42. The van der Waals surface area contributed by atoms with Gasteiger partial charge < -0.3 is 14.9 Å². The minimum absolute atomic E-state index is 0.0185. The highest BCUT2D eigenvalue weighted by Gasteiger charge is 2.44. The van der Waals surface area contributed by atoms with E-state index in [1.54, 1.807) is 45.0 Å². The Balaban J connectivity index is 2.10. The van der Waals surface area contributed by atoms with Gasteiger partial charge in [0.05, 0.1) is 23.8 Å². The van der Waals surface area contributed by atoms with Crippen molar-refractivity contribution in [1.29, 1.82) is 0 Å². The summed E-state index contributed by atoms with van der Waals surface area (Å²) in [5, 5.41) is 20.5. The fourth-order valence-corrected chi connectivity index (χ4v) is 3.42. The number of rotatable bonds is 6. The second-order valence-corrected chi connectivity index (χ2v) is 7.22. The zero-order valence-corrected chi connectivity index (χ0v) is 17.0. The first-order chi connectivity index (χ1) is 14.3. The number of Topliss-reactive ketones (excluding diaryl/α,β-unsaturated/α-hetero) is 1. The number of anilines is 1. The van der Waals surface area contributed by atoms with Gasteiger partial charge in [-0.3, -0.25) is 14.5 Å². The number of phenolic OH excluding ortho intramolecular Hbond substituents is 1. The summed E-state index contributed by atoms with van der Waals surface area (Å²) in [4.78, 5) is 39.0. The summed E-state index contributed by atoms with van der Waals surface area (Å²) >= 11 is 0. The number of ether oxygens (including phenoxy) is 1. The Labute approximate surface area is 174 Å². The highest BCUT2D eigenvalue weighted by atomic mass is 16.5. The molecule has 0 spiro atoms. The predicted molar refractivity (Wildman–Crippen MR) is 110 cm³/mol. The Morgan fingerprint density at radius 2 is 1.77 bits per heavy atom. The number of amides is 1. The molecule has 1 amide bonds. The van der Waals surface area contributed by atoms with Crippen LogP contribution in [0.2, 0.25) is 0 Å². The van der Waals surface area contributed by atoms with Crippen LogP contribution in [0.5, 0.6) is 5.75 Å². The molecule has 7 nitrogen and oxygen atoms in total. The lowest BCUT2D eigenvalue weighted by atomic mass is 9.91. The van der Waals surface area contributed by atoms with E-state index in [1.807, 2.05) is 0 Å². The fraction of sp³-hybridized carbons (Fsp3) is 0.261. The van der Waals surface area contributed by atoms with Crippen LogP contribution in [0.15, 0.2) is 59.9 Å². The third-order valence-electron chi connectivity index (χ3n) is 4.84. The maximum atomic E-state index is 12.9. The lowest BCUT2D eigenvalue weighted by molar-refractivity contribution is -0.119. The number of nitrogens with zero attached hydrogens (tertiary/aromatic N) is 1. The van der Waals surface area contributed by atoms with Crippen molar-refractivity contribution in [2.45, 2.75) is 26.8 Å². The predicted octanol–water partition coefficient (Wildman–Crippen LogP) is 3.69. The Morgan fingerprint density at radius 3 is 2.33 bits per heavy atom. The van der Waals surface area contributed by atoms with Crippen molar-refractivity contribution in [2.75, 3.05) is 11.5 Å². The smallest absolute Gasteiger partial charge is 0.338 e. The number of hydrogen-bond acceptors (Lipinski definition) is 6. The second-order valence-electron chi connectivity index (χ2n) is 7.22. The number of aliphatic hydroxyl groups is 1. The summed E-state index contributed by atoms with van der Waals surface area (Å²) < 4.78 is 4.97. The number of carbonyl (C=O) groups is 3. The van der Waals surface area contributed by atoms with Gasteiger partial charge in [-0.25, -0.2) is 4.79 Å². The van der Waals surface area contributed by atoms with Crippen LogP contribution >= 0.6 is 0 Å². The van der Waals surface area contributed by atoms with Crippen molar-refractivity contribution in [3.05, 3.63) is 71.0 Å². The van der Waals surface area contributed by atoms with E-state index in [4.69, 9.17) is 4.74 Å². The molecule has 7 heteroatoms. The molecule has 1 unspecified atom stereocenters. The maximum absolute atomic E-state index is 12.9. The molecule has 0 aromatic heterocycles. The van der Waals surface area contributed by atoms with Crippen LogP contribution in [0.4, 0.5) is 5.69 Å². The van der Waals surface area contributed by atoms with Crippen molar-refractivity contribution in [3.8, 4) is 5.75 Å². The SMILES string of the molecule is CCOC(=O)c1ccc(N2C(=O)C(O)=C(C(=O)C(C)C)C2c2cccc(O)c2)cc1. The highest BCUT2D eigenvalue weighted by Crippen LogP contribution is 2.42. The van der Waals surface area contributed by atoms with E-state index in [9.17, 15) is 24.6 Å². The van der Waals surface area contributed by atoms with Crippen molar-refractivity contribution < 1.29 is 29.3 Å². The Hall–Kier alpha value is -3.61. The normalized spacial score (nSPS) is 16.3. The van der Waals surface area contributed by atoms with E-state index in [-0.39, 0.29) is 23.7 Å². The van der Waals surface area contributed by atoms with Crippen LogP contribution in [-0.4, -0.2) is 34.5 Å².